The van der Waals surface area contributed by atoms with E-state index in [-0.39, 0.29) is 61.5 Å². The number of rotatable bonds is 2. The van der Waals surface area contributed by atoms with Crippen LogP contribution in [0, 0.1) is 34.5 Å². The summed E-state index contributed by atoms with van der Waals surface area (Å²) in [6, 6.07) is 0.336. The van der Waals surface area contributed by atoms with E-state index in [9.17, 15) is 18.0 Å². The van der Waals surface area contributed by atoms with Crippen LogP contribution in [0.15, 0.2) is 0 Å². The molecule has 4 atom stereocenters. The number of carbonyl (C=O) groups is 1. The van der Waals surface area contributed by atoms with Crippen LogP contribution in [0.1, 0.15) is 70.6 Å². The molecule has 6 aliphatic rings. The second kappa shape index (κ2) is 6.76. The van der Waals surface area contributed by atoms with Crippen molar-refractivity contribution in [2.75, 3.05) is 0 Å². The van der Waals surface area contributed by atoms with E-state index in [1.807, 2.05) is 0 Å². The molecule has 0 aromatic carbocycles. The molecule has 4 unspecified atom stereocenters. The summed E-state index contributed by atoms with van der Waals surface area (Å²) >= 11 is 0. The fourth-order valence-corrected chi connectivity index (χ4v) is 8.19. The van der Waals surface area contributed by atoms with Gasteiger partial charge in [-0.1, -0.05) is 6.42 Å². The summed E-state index contributed by atoms with van der Waals surface area (Å²) in [6.45, 7) is 0. The predicted octanol–water partition coefficient (Wildman–Crippen LogP) is 4.58. The van der Waals surface area contributed by atoms with E-state index in [0.717, 1.165) is 32.1 Å². The average Bonchev–Trinajstić information content (AvgIpc) is 2.53. The van der Waals surface area contributed by atoms with E-state index in [1.165, 1.54) is 6.42 Å². The average molecular weight is 421 g/mol. The molecule has 3 N–H and O–H groups in total. The van der Waals surface area contributed by atoms with Crippen LogP contribution in [-0.2, 0) is 4.79 Å². The Balaban J connectivity index is 0.00000192. The van der Waals surface area contributed by atoms with Gasteiger partial charge in [-0.2, -0.15) is 13.2 Å². The lowest BCUT2D eigenvalue weighted by Gasteiger charge is -2.61. The van der Waals surface area contributed by atoms with Crippen LogP contribution in [0.2, 0.25) is 0 Å². The third-order valence-corrected chi connectivity index (χ3v) is 8.82. The molecule has 0 saturated heterocycles. The number of alkyl halides is 3. The lowest BCUT2D eigenvalue weighted by Crippen LogP contribution is -2.63. The third kappa shape index (κ3) is 3.08. The fraction of sp³-hybridized carbons (Fsp3) is 0.952. The lowest BCUT2D eigenvalue weighted by molar-refractivity contribution is -0.283. The second-order valence-electron chi connectivity index (χ2n) is 10.7. The Morgan fingerprint density at radius 3 is 2.07 bits per heavy atom. The molecular weight excluding hydrogens is 389 g/mol. The standard InChI is InChI=1S/C21H31F3N2O.ClH/c22-21(23,24)20-9-12-4-13(10-20)8-19(7-12,11-20)18(27)26-17-14-2-1-3-15(17)6-16(25)5-14;/h12-17H,1-11,25H2,(H,26,27);1H. The van der Waals surface area contributed by atoms with Crippen molar-refractivity contribution < 1.29 is 18.0 Å². The van der Waals surface area contributed by atoms with Crippen molar-refractivity contribution in [2.24, 2.45) is 40.2 Å². The zero-order valence-electron chi connectivity index (χ0n) is 16.3. The van der Waals surface area contributed by atoms with E-state index in [2.05, 4.69) is 5.32 Å². The summed E-state index contributed by atoms with van der Waals surface area (Å²) in [7, 11) is 0. The Labute approximate surface area is 171 Å². The van der Waals surface area contributed by atoms with Gasteiger partial charge in [-0.25, -0.2) is 0 Å². The van der Waals surface area contributed by atoms with Crippen molar-refractivity contribution in [1.82, 2.24) is 5.32 Å². The number of hydrogen-bond acceptors (Lipinski definition) is 2. The summed E-state index contributed by atoms with van der Waals surface area (Å²) in [4.78, 5) is 13.4. The maximum absolute atomic E-state index is 14.0. The van der Waals surface area contributed by atoms with Gasteiger partial charge >= 0.3 is 6.18 Å². The second-order valence-corrected chi connectivity index (χ2v) is 10.7. The fourth-order valence-electron chi connectivity index (χ4n) is 8.19. The zero-order chi connectivity index (χ0) is 19.0. The van der Waals surface area contributed by atoms with Crippen molar-refractivity contribution in [1.29, 1.82) is 0 Å². The van der Waals surface area contributed by atoms with Gasteiger partial charge in [0, 0.05) is 12.1 Å². The van der Waals surface area contributed by atoms with E-state index in [1.54, 1.807) is 0 Å². The van der Waals surface area contributed by atoms with Crippen LogP contribution in [0.5, 0.6) is 0 Å². The first-order valence-corrected chi connectivity index (χ1v) is 10.8. The minimum Gasteiger partial charge on any atom is -0.352 e. The quantitative estimate of drug-likeness (QED) is 0.687. The number of hydrogen-bond donors (Lipinski definition) is 2. The molecule has 1 amide bonds. The van der Waals surface area contributed by atoms with Crippen molar-refractivity contribution in [3.63, 3.8) is 0 Å². The summed E-state index contributed by atoms with van der Waals surface area (Å²) < 4.78 is 41.9. The van der Waals surface area contributed by atoms with Gasteiger partial charge in [0.05, 0.1) is 10.8 Å². The number of nitrogens with one attached hydrogen (secondary N) is 1. The van der Waals surface area contributed by atoms with Crippen LogP contribution < -0.4 is 11.1 Å². The van der Waals surface area contributed by atoms with Gasteiger partial charge in [-0.05, 0) is 87.9 Å². The summed E-state index contributed by atoms with van der Waals surface area (Å²) in [5.74, 6) is 0.877. The Bertz CT molecular complexity index is 612. The van der Waals surface area contributed by atoms with Gasteiger partial charge in [0.15, 0.2) is 0 Å². The maximum atomic E-state index is 14.0. The van der Waals surface area contributed by atoms with Crippen LogP contribution in [0.3, 0.4) is 0 Å². The number of halogens is 4. The molecule has 0 radical (unpaired) electrons. The Kier molecular flexibility index (Phi) is 5.02. The molecule has 0 spiro atoms. The van der Waals surface area contributed by atoms with E-state index >= 15 is 0 Å². The van der Waals surface area contributed by atoms with Crippen LogP contribution >= 0.6 is 12.4 Å². The summed E-state index contributed by atoms with van der Waals surface area (Å²) in [5, 5.41) is 3.31. The van der Waals surface area contributed by atoms with Gasteiger partial charge < -0.3 is 11.1 Å². The summed E-state index contributed by atoms with van der Waals surface area (Å²) in [6.07, 6.45) is 3.74. The Morgan fingerprint density at radius 1 is 0.964 bits per heavy atom. The number of amides is 1. The van der Waals surface area contributed by atoms with Crippen molar-refractivity contribution in [2.45, 2.75) is 88.9 Å². The van der Waals surface area contributed by atoms with Gasteiger partial charge in [0.25, 0.3) is 0 Å². The molecule has 7 heteroatoms. The molecule has 0 aliphatic heterocycles. The van der Waals surface area contributed by atoms with Gasteiger partial charge in [-0.3, -0.25) is 4.79 Å². The molecule has 0 aromatic rings. The first-order valence-electron chi connectivity index (χ1n) is 10.8. The summed E-state index contributed by atoms with van der Waals surface area (Å²) in [5.41, 5.74) is 3.80. The number of fused-ring (bicyclic) bond motifs is 2. The first kappa shape index (κ1) is 20.8. The molecule has 6 saturated carbocycles. The Hall–Kier alpha value is -0.490. The zero-order valence-corrected chi connectivity index (χ0v) is 17.1. The highest BCUT2D eigenvalue weighted by molar-refractivity contribution is 5.85. The Morgan fingerprint density at radius 2 is 1.54 bits per heavy atom. The van der Waals surface area contributed by atoms with Crippen molar-refractivity contribution >= 4 is 18.3 Å². The lowest BCUT2D eigenvalue weighted by atomic mass is 9.43. The largest absolute Gasteiger partial charge is 0.394 e. The minimum absolute atomic E-state index is 0. The highest BCUT2D eigenvalue weighted by Crippen LogP contribution is 2.69. The molecule has 6 fully saturated rings. The molecule has 6 rings (SSSR count). The van der Waals surface area contributed by atoms with Crippen LogP contribution in [0.4, 0.5) is 13.2 Å². The van der Waals surface area contributed by atoms with E-state index in [0.29, 0.717) is 24.7 Å². The molecule has 0 aromatic heterocycles. The van der Waals surface area contributed by atoms with E-state index < -0.39 is 17.0 Å². The molecule has 28 heavy (non-hydrogen) atoms. The first-order chi connectivity index (χ1) is 12.7. The van der Waals surface area contributed by atoms with Crippen LogP contribution in [0.25, 0.3) is 0 Å². The molecule has 6 bridgehead atoms. The SMILES string of the molecule is Cl.NC1CC2CCCC(C1)C2NC(=O)C12CC3CC(C1)CC(C(F)(F)F)(C3)C2. The minimum atomic E-state index is -4.19. The predicted molar refractivity (Wildman–Crippen MR) is 103 cm³/mol. The number of carbonyl (C=O) groups excluding carboxylic acids is 1. The van der Waals surface area contributed by atoms with Gasteiger partial charge in [-0.15, -0.1) is 12.4 Å². The topological polar surface area (TPSA) is 55.1 Å². The normalized spacial score (nSPS) is 49.4. The highest BCUT2D eigenvalue weighted by atomic mass is 35.5. The highest BCUT2D eigenvalue weighted by Gasteiger charge is 2.69. The molecule has 6 aliphatic carbocycles. The monoisotopic (exact) mass is 420 g/mol. The molecule has 3 nitrogen and oxygen atoms in total. The van der Waals surface area contributed by atoms with E-state index in [4.69, 9.17) is 5.73 Å². The third-order valence-electron chi connectivity index (χ3n) is 8.82. The molecule has 160 valence electrons. The smallest absolute Gasteiger partial charge is 0.352 e. The van der Waals surface area contributed by atoms with Crippen molar-refractivity contribution in [3.05, 3.63) is 0 Å². The maximum Gasteiger partial charge on any atom is 0.394 e. The number of nitrogens with two attached hydrogens (primary N) is 1. The molecular formula is C21H32ClF3N2O. The molecule has 0 heterocycles. The van der Waals surface area contributed by atoms with Gasteiger partial charge in [0.1, 0.15) is 0 Å². The van der Waals surface area contributed by atoms with Crippen molar-refractivity contribution in [3.8, 4) is 0 Å². The van der Waals surface area contributed by atoms with Gasteiger partial charge in [0.2, 0.25) is 5.91 Å². The van der Waals surface area contributed by atoms with Crippen LogP contribution in [-0.4, -0.2) is 24.2 Å².